The van der Waals surface area contributed by atoms with Crippen molar-refractivity contribution < 1.29 is 18.9 Å². The second kappa shape index (κ2) is 14.2. The molecule has 0 aliphatic carbocycles. The molecule has 26 heavy (non-hydrogen) atoms. The first-order chi connectivity index (χ1) is 12.9. The molecule has 0 aromatic carbocycles. The van der Waals surface area contributed by atoms with Gasteiger partial charge >= 0.3 is 0 Å². The number of guanidine groups is 1. The van der Waals surface area contributed by atoms with Crippen LogP contribution in [0.3, 0.4) is 0 Å². The number of nitrogens with zero attached hydrogens (tertiary/aromatic N) is 1. The molecule has 0 bridgehead atoms. The minimum Gasteiger partial charge on any atom is -0.381 e. The summed E-state index contributed by atoms with van der Waals surface area (Å²) < 4.78 is 22.3. The first-order valence-electron chi connectivity index (χ1n) is 10.2. The van der Waals surface area contributed by atoms with Crippen LogP contribution >= 0.6 is 0 Å². The molecule has 152 valence electrons. The van der Waals surface area contributed by atoms with Gasteiger partial charge in [-0.3, -0.25) is 4.99 Å². The monoisotopic (exact) mass is 371 g/mol. The van der Waals surface area contributed by atoms with Gasteiger partial charge in [0.15, 0.2) is 5.96 Å². The number of aliphatic imine (C=N–C) groups is 1. The zero-order chi connectivity index (χ0) is 18.3. The van der Waals surface area contributed by atoms with Gasteiger partial charge in [0.05, 0.1) is 6.10 Å². The SMILES string of the molecule is CN=C(NCCCOCC1CCOCC1)NCCCOC1CCOCC1. The standard InChI is InChI=1S/C19H37N3O4/c1-20-19(22-9-3-11-26-18-6-14-24-15-7-18)21-8-2-10-25-16-17-4-12-23-13-5-17/h17-18H,2-16H2,1H3,(H2,20,21,22). The third kappa shape index (κ3) is 9.71. The van der Waals surface area contributed by atoms with Crippen LogP contribution in [0, 0.1) is 5.92 Å². The van der Waals surface area contributed by atoms with Gasteiger partial charge in [0, 0.05) is 66.4 Å². The van der Waals surface area contributed by atoms with E-state index in [2.05, 4.69) is 15.6 Å². The Hall–Kier alpha value is -0.890. The van der Waals surface area contributed by atoms with E-state index >= 15 is 0 Å². The third-order valence-corrected chi connectivity index (χ3v) is 4.81. The number of hydrogen-bond donors (Lipinski definition) is 2. The van der Waals surface area contributed by atoms with Gasteiger partial charge in [0.2, 0.25) is 0 Å². The van der Waals surface area contributed by atoms with Crippen molar-refractivity contribution in [3.63, 3.8) is 0 Å². The molecule has 0 unspecified atom stereocenters. The highest BCUT2D eigenvalue weighted by molar-refractivity contribution is 5.79. The Balaban J connectivity index is 1.38. The highest BCUT2D eigenvalue weighted by atomic mass is 16.5. The Morgan fingerprint density at radius 3 is 2.19 bits per heavy atom. The van der Waals surface area contributed by atoms with E-state index in [-0.39, 0.29) is 0 Å². The van der Waals surface area contributed by atoms with Crippen LogP contribution in [0.15, 0.2) is 4.99 Å². The van der Waals surface area contributed by atoms with Gasteiger partial charge in [-0.1, -0.05) is 0 Å². The summed E-state index contributed by atoms with van der Waals surface area (Å²) in [5.41, 5.74) is 0. The molecule has 7 nitrogen and oxygen atoms in total. The lowest BCUT2D eigenvalue weighted by atomic mass is 10.0. The van der Waals surface area contributed by atoms with Crippen LogP contribution in [-0.2, 0) is 18.9 Å². The van der Waals surface area contributed by atoms with Crippen molar-refractivity contribution in [2.75, 3.05) is 66.4 Å². The van der Waals surface area contributed by atoms with Crippen LogP contribution in [0.1, 0.15) is 38.5 Å². The van der Waals surface area contributed by atoms with E-state index in [0.717, 1.165) is 104 Å². The predicted molar refractivity (Wildman–Crippen MR) is 103 cm³/mol. The maximum Gasteiger partial charge on any atom is 0.190 e. The number of hydrogen-bond acceptors (Lipinski definition) is 5. The highest BCUT2D eigenvalue weighted by Gasteiger charge is 2.14. The molecule has 2 aliphatic rings. The van der Waals surface area contributed by atoms with Gasteiger partial charge in [0.1, 0.15) is 0 Å². The zero-order valence-electron chi connectivity index (χ0n) is 16.3. The summed E-state index contributed by atoms with van der Waals surface area (Å²) in [4.78, 5) is 4.25. The molecule has 0 atom stereocenters. The minimum atomic E-state index is 0.377. The summed E-state index contributed by atoms with van der Waals surface area (Å²) in [6.45, 7) is 7.61. The van der Waals surface area contributed by atoms with E-state index in [4.69, 9.17) is 18.9 Å². The molecule has 0 aromatic rings. The molecule has 2 heterocycles. The van der Waals surface area contributed by atoms with Gasteiger partial charge in [0.25, 0.3) is 0 Å². The molecule has 0 amide bonds. The van der Waals surface area contributed by atoms with E-state index in [1.54, 1.807) is 7.05 Å². The largest absolute Gasteiger partial charge is 0.381 e. The normalized spacial score (nSPS) is 20.3. The Labute approximate surface area is 158 Å². The van der Waals surface area contributed by atoms with Gasteiger partial charge in [-0.25, -0.2) is 0 Å². The molecular weight excluding hydrogens is 334 g/mol. The number of nitrogens with one attached hydrogen (secondary N) is 2. The molecule has 0 radical (unpaired) electrons. The lowest BCUT2D eigenvalue weighted by Gasteiger charge is -2.22. The Bertz CT molecular complexity index is 370. The number of ether oxygens (including phenoxy) is 4. The molecule has 2 fully saturated rings. The van der Waals surface area contributed by atoms with Crippen LogP contribution in [0.4, 0.5) is 0 Å². The van der Waals surface area contributed by atoms with Crippen molar-refractivity contribution >= 4 is 5.96 Å². The highest BCUT2D eigenvalue weighted by Crippen LogP contribution is 2.14. The maximum absolute atomic E-state index is 5.87. The Morgan fingerprint density at radius 1 is 0.923 bits per heavy atom. The third-order valence-electron chi connectivity index (χ3n) is 4.81. The average Bonchev–Trinajstić information content (AvgIpc) is 2.70. The molecule has 7 heteroatoms. The molecular formula is C19H37N3O4. The second-order valence-electron chi connectivity index (χ2n) is 6.95. The Kier molecular flexibility index (Phi) is 11.7. The van der Waals surface area contributed by atoms with Crippen LogP contribution in [0.5, 0.6) is 0 Å². The van der Waals surface area contributed by atoms with Crippen LogP contribution in [0.2, 0.25) is 0 Å². The van der Waals surface area contributed by atoms with E-state index < -0.39 is 0 Å². The summed E-state index contributed by atoms with van der Waals surface area (Å²) in [6, 6.07) is 0. The summed E-state index contributed by atoms with van der Waals surface area (Å²) in [7, 11) is 1.80. The van der Waals surface area contributed by atoms with Gasteiger partial charge < -0.3 is 29.6 Å². The summed E-state index contributed by atoms with van der Waals surface area (Å²) >= 11 is 0. The van der Waals surface area contributed by atoms with Crippen molar-refractivity contribution in [1.29, 1.82) is 0 Å². The van der Waals surface area contributed by atoms with Gasteiger partial charge in [-0.05, 0) is 44.4 Å². The average molecular weight is 372 g/mol. The fraction of sp³-hybridized carbons (Fsp3) is 0.947. The summed E-state index contributed by atoms with van der Waals surface area (Å²) in [5, 5.41) is 6.66. The molecule has 0 spiro atoms. The lowest BCUT2D eigenvalue weighted by Crippen LogP contribution is -2.39. The first kappa shape index (κ1) is 21.4. The van der Waals surface area contributed by atoms with E-state index in [0.29, 0.717) is 12.0 Å². The maximum atomic E-state index is 5.87. The minimum absolute atomic E-state index is 0.377. The van der Waals surface area contributed by atoms with Crippen molar-refractivity contribution in [2.24, 2.45) is 10.9 Å². The van der Waals surface area contributed by atoms with Gasteiger partial charge in [-0.15, -0.1) is 0 Å². The molecule has 2 aliphatic heterocycles. The molecule has 2 saturated heterocycles. The van der Waals surface area contributed by atoms with E-state index in [1.807, 2.05) is 0 Å². The van der Waals surface area contributed by atoms with E-state index in [1.165, 1.54) is 0 Å². The van der Waals surface area contributed by atoms with Crippen molar-refractivity contribution in [1.82, 2.24) is 10.6 Å². The molecule has 0 aromatic heterocycles. The van der Waals surface area contributed by atoms with Crippen LogP contribution < -0.4 is 10.6 Å². The quantitative estimate of drug-likeness (QED) is 0.326. The van der Waals surface area contributed by atoms with E-state index in [9.17, 15) is 0 Å². The number of rotatable bonds is 11. The lowest BCUT2D eigenvalue weighted by molar-refractivity contribution is -0.0320. The van der Waals surface area contributed by atoms with Crippen molar-refractivity contribution in [3.8, 4) is 0 Å². The summed E-state index contributed by atoms with van der Waals surface area (Å²) in [6.07, 6.45) is 6.64. The fourth-order valence-electron chi connectivity index (χ4n) is 3.14. The predicted octanol–water partition coefficient (Wildman–Crippen LogP) is 1.57. The van der Waals surface area contributed by atoms with Crippen LogP contribution in [0.25, 0.3) is 0 Å². The molecule has 2 rings (SSSR count). The molecule has 0 saturated carbocycles. The Morgan fingerprint density at radius 2 is 1.54 bits per heavy atom. The smallest absolute Gasteiger partial charge is 0.190 e. The summed E-state index contributed by atoms with van der Waals surface area (Å²) in [5.74, 6) is 1.52. The van der Waals surface area contributed by atoms with Crippen molar-refractivity contribution in [2.45, 2.75) is 44.6 Å². The van der Waals surface area contributed by atoms with Crippen LogP contribution in [-0.4, -0.2) is 78.4 Å². The topological polar surface area (TPSA) is 73.3 Å². The first-order valence-corrected chi connectivity index (χ1v) is 10.2. The second-order valence-corrected chi connectivity index (χ2v) is 6.95. The van der Waals surface area contributed by atoms with Gasteiger partial charge in [-0.2, -0.15) is 0 Å². The van der Waals surface area contributed by atoms with Crippen molar-refractivity contribution in [3.05, 3.63) is 0 Å². The molecule has 2 N–H and O–H groups in total. The fourth-order valence-corrected chi connectivity index (χ4v) is 3.14. The zero-order valence-corrected chi connectivity index (χ0v) is 16.3.